The molecule has 2 unspecified atom stereocenters. The lowest BCUT2D eigenvalue weighted by Gasteiger charge is -2.25. The fourth-order valence-electron chi connectivity index (χ4n) is 1.60. The molecule has 0 aliphatic rings. The van der Waals surface area contributed by atoms with Crippen molar-refractivity contribution >= 4 is 5.97 Å². The van der Waals surface area contributed by atoms with Gasteiger partial charge in [0.05, 0.1) is 0 Å². The minimum absolute atomic E-state index is 0.186. The van der Waals surface area contributed by atoms with Crippen molar-refractivity contribution in [2.75, 3.05) is 26.2 Å². The van der Waals surface area contributed by atoms with Gasteiger partial charge in [0.15, 0.2) is 5.92 Å². The predicted octanol–water partition coefficient (Wildman–Crippen LogP) is 1.57. The van der Waals surface area contributed by atoms with Crippen LogP contribution in [0.3, 0.4) is 0 Å². The van der Waals surface area contributed by atoms with Crippen molar-refractivity contribution in [2.24, 2.45) is 5.92 Å². The monoisotopic (exact) mass is 270 g/mol. The van der Waals surface area contributed by atoms with Gasteiger partial charge in [-0.15, -0.1) is 0 Å². The van der Waals surface area contributed by atoms with Gasteiger partial charge in [-0.05, 0) is 20.0 Å². The average Bonchev–Trinajstić information content (AvgIpc) is 2.23. The summed E-state index contributed by atoms with van der Waals surface area (Å²) in [6, 6.07) is -0.186. The average molecular weight is 270 g/mol. The quantitative estimate of drug-likeness (QED) is 0.703. The molecule has 7 heteroatoms. The lowest BCUT2D eigenvalue weighted by Crippen LogP contribution is -2.45. The molecule has 18 heavy (non-hydrogen) atoms. The number of halogens is 3. The molecule has 0 amide bonds. The van der Waals surface area contributed by atoms with Crippen molar-refractivity contribution in [3.8, 4) is 0 Å². The molecular weight excluding hydrogens is 249 g/mol. The SMILES string of the molecule is CCN(CC)CC(C)NCC(C(=O)O)C(F)(F)F. The first-order chi connectivity index (χ1) is 8.22. The summed E-state index contributed by atoms with van der Waals surface area (Å²) in [5.41, 5.74) is 0. The van der Waals surface area contributed by atoms with Gasteiger partial charge in [-0.1, -0.05) is 13.8 Å². The second-order valence-corrected chi connectivity index (χ2v) is 4.23. The Bertz CT molecular complexity index is 255. The summed E-state index contributed by atoms with van der Waals surface area (Å²) < 4.78 is 37.2. The first kappa shape index (κ1) is 17.2. The summed E-state index contributed by atoms with van der Waals surface area (Å²) in [5.74, 6) is -4.19. The van der Waals surface area contributed by atoms with Crippen LogP contribution < -0.4 is 5.32 Å². The van der Waals surface area contributed by atoms with Gasteiger partial charge < -0.3 is 15.3 Å². The molecule has 0 rings (SSSR count). The highest BCUT2D eigenvalue weighted by atomic mass is 19.4. The number of aliphatic carboxylic acids is 1. The van der Waals surface area contributed by atoms with Gasteiger partial charge in [0.2, 0.25) is 0 Å². The van der Waals surface area contributed by atoms with Crippen molar-refractivity contribution in [3.05, 3.63) is 0 Å². The Hall–Kier alpha value is -0.820. The Balaban J connectivity index is 4.24. The summed E-state index contributed by atoms with van der Waals surface area (Å²) >= 11 is 0. The standard InChI is InChI=1S/C11H21F3N2O2/c1-4-16(5-2)7-8(3)15-6-9(10(17)18)11(12,13)14/h8-9,15H,4-7H2,1-3H3,(H,17,18). The topological polar surface area (TPSA) is 52.6 Å². The van der Waals surface area contributed by atoms with E-state index in [0.717, 1.165) is 13.1 Å². The molecule has 0 heterocycles. The highest BCUT2D eigenvalue weighted by Gasteiger charge is 2.44. The molecule has 108 valence electrons. The Morgan fingerprint density at radius 3 is 2.17 bits per heavy atom. The number of nitrogens with zero attached hydrogens (tertiary/aromatic N) is 1. The van der Waals surface area contributed by atoms with Crippen LogP contribution >= 0.6 is 0 Å². The van der Waals surface area contributed by atoms with Crippen molar-refractivity contribution in [1.82, 2.24) is 10.2 Å². The lowest BCUT2D eigenvalue weighted by molar-refractivity contribution is -0.192. The highest BCUT2D eigenvalue weighted by molar-refractivity contribution is 5.71. The number of carboxylic acids is 1. The molecule has 2 N–H and O–H groups in total. The van der Waals surface area contributed by atoms with E-state index < -0.39 is 24.6 Å². The van der Waals surface area contributed by atoms with Crippen LogP contribution in [-0.2, 0) is 4.79 Å². The molecule has 0 fully saturated rings. The van der Waals surface area contributed by atoms with E-state index in [0.29, 0.717) is 6.54 Å². The van der Waals surface area contributed by atoms with E-state index in [-0.39, 0.29) is 6.04 Å². The number of hydrogen-bond acceptors (Lipinski definition) is 3. The van der Waals surface area contributed by atoms with Crippen molar-refractivity contribution in [2.45, 2.75) is 33.0 Å². The second kappa shape index (κ2) is 7.58. The van der Waals surface area contributed by atoms with Gasteiger partial charge >= 0.3 is 12.1 Å². The summed E-state index contributed by atoms with van der Waals surface area (Å²) in [6.07, 6.45) is -4.71. The molecule has 0 saturated carbocycles. The molecule has 0 bridgehead atoms. The number of carbonyl (C=O) groups is 1. The highest BCUT2D eigenvalue weighted by Crippen LogP contribution is 2.25. The number of alkyl halides is 3. The third-order valence-corrected chi connectivity index (χ3v) is 2.79. The van der Waals surface area contributed by atoms with E-state index in [9.17, 15) is 18.0 Å². The minimum Gasteiger partial charge on any atom is -0.481 e. The van der Waals surface area contributed by atoms with Gasteiger partial charge in [0, 0.05) is 19.1 Å². The van der Waals surface area contributed by atoms with Crippen LogP contribution in [0.5, 0.6) is 0 Å². The maximum atomic E-state index is 12.4. The Morgan fingerprint density at radius 2 is 1.83 bits per heavy atom. The number of hydrogen-bond donors (Lipinski definition) is 2. The van der Waals surface area contributed by atoms with E-state index in [4.69, 9.17) is 5.11 Å². The lowest BCUT2D eigenvalue weighted by atomic mass is 10.1. The van der Waals surface area contributed by atoms with Crippen LogP contribution in [0.25, 0.3) is 0 Å². The van der Waals surface area contributed by atoms with Crippen LogP contribution in [-0.4, -0.2) is 54.4 Å². The molecule has 0 aliphatic carbocycles. The van der Waals surface area contributed by atoms with Crippen molar-refractivity contribution in [1.29, 1.82) is 0 Å². The van der Waals surface area contributed by atoms with Gasteiger partial charge in [0.1, 0.15) is 0 Å². The van der Waals surface area contributed by atoms with Crippen molar-refractivity contribution < 1.29 is 23.1 Å². The van der Waals surface area contributed by atoms with E-state index >= 15 is 0 Å². The van der Waals surface area contributed by atoms with Crippen LogP contribution in [0, 0.1) is 5.92 Å². The first-order valence-electron chi connectivity index (χ1n) is 5.97. The third-order valence-electron chi connectivity index (χ3n) is 2.79. The molecular formula is C11H21F3N2O2. The molecule has 0 aromatic rings. The Kier molecular flexibility index (Phi) is 7.23. The summed E-state index contributed by atoms with van der Waals surface area (Å²) in [7, 11) is 0. The molecule has 4 nitrogen and oxygen atoms in total. The molecule has 0 saturated heterocycles. The number of rotatable bonds is 8. The number of nitrogens with one attached hydrogen (secondary N) is 1. The molecule has 0 spiro atoms. The van der Waals surface area contributed by atoms with Gasteiger partial charge in [-0.2, -0.15) is 13.2 Å². The summed E-state index contributed by atoms with van der Waals surface area (Å²) in [6.45, 7) is 7.29. The zero-order valence-electron chi connectivity index (χ0n) is 10.9. The van der Waals surface area contributed by atoms with Crippen LogP contribution in [0.15, 0.2) is 0 Å². The summed E-state index contributed by atoms with van der Waals surface area (Å²) in [5, 5.41) is 11.2. The Morgan fingerprint density at radius 1 is 1.33 bits per heavy atom. The largest absolute Gasteiger partial charge is 0.481 e. The molecule has 0 aromatic heterocycles. The maximum Gasteiger partial charge on any atom is 0.403 e. The number of carboxylic acid groups (broad SMARTS) is 1. The van der Waals surface area contributed by atoms with E-state index in [1.165, 1.54) is 0 Å². The zero-order chi connectivity index (χ0) is 14.3. The first-order valence-corrected chi connectivity index (χ1v) is 5.97. The van der Waals surface area contributed by atoms with Crippen LogP contribution in [0.2, 0.25) is 0 Å². The van der Waals surface area contributed by atoms with Gasteiger partial charge in [-0.25, -0.2) is 0 Å². The second-order valence-electron chi connectivity index (χ2n) is 4.23. The third kappa shape index (κ3) is 6.20. The fraction of sp³-hybridized carbons (Fsp3) is 0.909. The van der Waals surface area contributed by atoms with Crippen LogP contribution in [0.4, 0.5) is 13.2 Å². The van der Waals surface area contributed by atoms with E-state index in [1.54, 1.807) is 6.92 Å². The fourth-order valence-corrected chi connectivity index (χ4v) is 1.60. The molecule has 0 aromatic carbocycles. The van der Waals surface area contributed by atoms with Crippen LogP contribution in [0.1, 0.15) is 20.8 Å². The van der Waals surface area contributed by atoms with E-state index in [2.05, 4.69) is 10.2 Å². The minimum atomic E-state index is -4.71. The van der Waals surface area contributed by atoms with E-state index in [1.807, 2.05) is 13.8 Å². The molecule has 0 radical (unpaired) electrons. The summed E-state index contributed by atoms with van der Waals surface area (Å²) in [4.78, 5) is 12.6. The normalized spacial score (nSPS) is 15.7. The number of likely N-dealkylation sites (N-methyl/N-ethyl adjacent to an activating group) is 1. The maximum absolute atomic E-state index is 12.4. The van der Waals surface area contributed by atoms with Gasteiger partial charge in [-0.3, -0.25) is 4.79 Å². The zero-order valence-corrected chi connectivity index (χ0v) is 10.9. The smallest absolute Gasteiger partial charge is 0.403 e. The Labute approximate surface area is 105 Å². The molecule has 0 aliphatic heterocycles. The molecule has 2 atom stereocenters. The predicted molar refractivity (Wildman–Crippen MR) is 62.4 cm³/mol. The van der Waals surface area contributed by atoms with Crippen molar-refractivity contribution in [3.63, 3.8) is 0 Å². The van der Waals surface area contributed by atoms with Gasteiger partial charge in [0.25, 0.3) is 0 Å².